The first-order valence-electron chi connectivity index (χ1n) is 6.50. The zero-order valence-corrected chi connectivity index (χ0v) is 12.9. The molecule has 3 heteroatoms. The quantitative estimate of drug-likeness (QED) is 0.597. The zero-order chi connectivity index (χ0) is 13.8. The molecule has 0 unspecified atom stereocenters. The van der Waals surface area contributed by atoms with Gasteiger partial charge in [-0.25, -0.2) is 4.98 Å². The average molecular weight is 297 g/mol. The van der Waals surface area contributed by atoms with Crippen molar-refractivity contribution in [3.05, 3.63) is 71.1 Å². The molecule has 1 heterocycles. The number of benzene rings is 2. The van der Waals surface area contributed by atoms with Gasteiger partial charge in [0.25, 0.3) is 0 Å². The number of thioether (sulfide) groups is 1. The third-order valence-corrected chi connectivity index (χ3v) is 5.13. The smallest absolute Gasteiger partial charge is 0.150 e. The molecule has 3 rings (SSSR count). The van der Waals surface area contributed by atoms with Gasteiger partial charge in [0, 0.05) is 16.7 Å². The van der Waals surface area contributed by atoms with Crippen molar-refractivity contribution in [2.45, 2.75) is 17.0 Å². The summed E-state index contributed by atoms with van der Waals surface area (Å²) in [5.41, 5.74) is 4.91. The molecule has 0 amide bonds. The van der Waals surface area contributed by atoms with E-state index in [1.807, 2.05) is 18.2 Å². The molecular weight excluding hydrogens is 282 g/mol. The van der Waals surface area contributed by atoms with Crippen LogP contribution in [0.4, 0.5) is 0 Å². The molecule has 20 heavy (non-hydrogen) atoms. The second-order valence-corrected chi connectivity index (χ2v) is 6.72. The molecule has 0 spiro atoms. The fraction of sp³-hybridized carbons (Fsp3) is 0.118. The Morgan fingerprint density at radius 1 is 1.00 bits per heavy atom. The molecule has 100 valence electrons. The maximum atomic E-state index is 4.69. The van der Waals surface area contributed by atoms with E-state index in [1.165, 1.54) is 16.7 Å². The maximum Gasteiger partial charge on any atom is 0.150 e. The number of aryl methyl sites for hydroxylation is 1. The van der Waals surface area contributed by atoms with E-state index in [4.69, 9.17) is 4.98 Å². The van der Waals surface area contributed by atoms with Crippen LogP contribution in [0, 0.1) is 6.92 Å². The van der Waals surface area contributed by atoms with Crippen LogP contribution in [0.3, 0.4) is 0 Å². The summed E-state index contributed by atoms with van der Waals surface area (Å²) in [6, 6.07) is 19.0. The summed E-state index contributed by atoms with van der Waals surface area (Å²) in [5.74, 6) is 0.974. The molecule has 0 aliphatic carbocycles. The Morgan fingerprint density at radius 3 is 2.50 bits per heavy atom. The lowest BCUT2D eigenvalue weighted by Crippen LogP contribution is -1.81. The maximum absolute atomic E-state index is 4.69. The van der Waals surface area contributed by atoms with Crippen LogP contribution >= 0.6 is 23.1 Å². The van der Waals surface area contributed by atoms with E-state index < -0.39 is 0 Å². The first-order chi connectivity index (χ1) is 9.81. The Labute approximate surface area is 127 Å². The number of thiazole rings is 1. The van der Waals surface area contributed by atoms with E-state index in [0.717, 1.165) is 15.8 Å². The van der Waals surface area contributed by atoms with E-state index in [9.17, 15) is 0 Å². The van der Waals surface area contributed by atoms with Crippen LogP contribution in [0.2, 0.25) is 0 Å². The lowest BCUT2D eigenvalue weighted by molar-refractivity contribution is 1.24. The standard InChI is InChI=1S/C17H15NS2/c1-13-7-9-14(10-8-13)11-19-17-18-16(12-20-17)15-5-3-2-4-6-15/h2-10,12H,11H2,1H3. The highest BCUT2D eigenvalue weighted by atomic mass is 32.2. The molecule has 3 aromatic rings. The molecule has 0 aliphatic rings. The third kappa shape index (κ3) is 3.30. The molecule has 0 bridgehead atoms. The highest BCUT2D eigenvalue weighted by molar-refractivity contribution is 8.00. The van der Waals surface area contributed by atoms with Crippen molar-refractivity contribution in [1.29, 1.82) is 0 Å². The average Bonchev–Trinajstić information content (AvgIpc) is 2.97. The largest absolute Gasteiger partial charge is 0.230 e. The van der Waals surface area contributed by atoms with Gasteiger partial charge in [-0.3, -0.25) is 0 Å². The van der Waals surface area contributed by atoms with Crippen LogP contribution in [0.15, 0.2) is 64.3 Å². The summed E-state index contributed by atoms with van der Waals surface area (Å²) < 4.78 is 1.13. The van der Waals surface area contributed by atoms with Gasteiger partial charge in [-0.2, -0.15) is 0 Å². The second kappa shape index (κ2) is 6.25. The normalized spacial score (nSPS) is 10.7. The zero-order valence-electron chi connectivity index (χ0n) is 11.2. The summed E-state index contributed by atoms with van der Waals surface area (Å²) >= 11 is 3.52. The highest BCUT2D eigenvalue weighted by Crippen LogP contribution is 2.30. The summed E-state index contributed by atoms with van der Waals surface area (Å²) in [7, 11) is 0. The van der Waals surface area contributed by atoms with Crippen molar-refractivity contribution in [2.75, 3.05) is 0 Å². The van der Waals surface area contributed by atoms with Crippen LogP contribution < -0.4 is 0 Å². The van der Waals surface area contributed by atoms with Crippen molar-refractivity contribution >= 4 is 23.1 Å². The molecule has 0 atom stereocenters. The van der Waals surface area contributed by atoms with E-state index in [-0.39, 0.29) is 0 Å². The van der Waals surface area contributed by atoms with Gasteiger partial charge < -0.3 is 0 Å². The van der Waals surface area contributed by atoms with Crippen LogP contribution in [0.5, 0.6) is 0 Å². The topological polar surface area (TPSA) is 12.9 Å². The molecule has 1 nitrogen and oxygen atoms in total. The molecule has 0 N–H and O–H groups in total. The minimum absolute atomic E-state index is 0.974. The first kappa shape index (κ1) is 13.4. The van der Waals surface area contributed by atoms with Crippen LogP contribution in [-0.4, -0.2) is 4.98 Å². The molecule has 0 fully saturated rings. The van der Waals surface area contributed by atoms with E-state index in [1.54, 1.807) is 23.1 Å². The molecule has 0 saturated heterocycles. The van der Waals surface area contributed by atoms with Crippen molar-refractivity contribution in [3.8, 4) is 11.3 Å². The summed E-state index contributed by atoms with van der Waals surface area (Å²) in [6.45, 7) is 2.11. The number of hydrogen-bond acceptors (Lipinski definition) is 3. The minimum atomic E-state index is 0.974. The van der Waals surface area contributed by atoms with Gasteiger partial charge in [0.15, 0.2) is 4.34 Å². The Hall–Kier alpha value is -1.58. The fourth-order valence-electron chi connectivity index (χ4n) is 1.89. The second-order valence-electron chi connectivity index (χ2n) is 4.64. The van der Waals surface area contributed by atoms with Crippen molar-refractivity contribution in [2.24, 2.45) is 0 Å². The predicted octanol–water partition coefficient (Wildman–Crippen LogP) is 5.41. The summed E-state index contributed by atoms with van der Waals surface area (Å²) in [4.78, 5) is 4.69. The number of nitrogens with zero attached hydrogens (tertiary/aromatic N) is 1. The van der Waals surface area contributed by atoms with Crippen molar-refractivity contribution in [1.82, 2.24) is 4.98 Å². The Bertz CT molecular complexity index is 672. The van der Waals surface area contributed by atoms with Gasteiger partial charge in [0.05, 0.1) is 5.69 Å². The summed E-state index contributed by atoms with van der Waals surface area (Å²) in [5, 5.41) is 2.13. The van der Waals surface area contributed by atoms with E-state index in [0.29, 0.717) is 0 Å². The number of rotatable bonds is 4. The molecule has 2 aromatic carbocycles. The third-order valence-electron chi connectivity index (χ3n) is 3.04. The van der Waals surface area contributed by atoms with Gasteiger partial charge in [-0.05, 0) is 12.5 Å². The summed E-state index contributed by atoms with van der Waals surface area (Å²) in [6.07, 6.45) is 0. The van der Waals surface area contributed by atoms with Crippen molar-refractivity contribution < 1.29 is 0 Å². The van der Waals surface area contributed by atoms with Gasteiger partial charge in [0.1, 0.15) is 0 Å². The van der Waals surface area contributed by atoms with Gasteiger partial charge in [-0.15, -0.1) is 11.3 Å². The number of aromatic nitrogens is 1. The lowest BCUT2D eigenvalue weighted by Gasteiger charge is -1.99. The van der Waals surface area contributed by atoms with Crippen molar-refractivity contribution in [3.63, 3.8) is 0 Å². The van der Waals surface area contributed by atoms with Gasteiger partial charge in [-0.1, -0.05) is 71.9 Å². The predicted molar refractivity (Wildman–Crippen MR) is 88.3 cm³/mol. The minimum Gasteiger partial charge on any atom is -0.230 e. The number of hydrogen-bond donors (Lipinski definition) is 0. The van der Waals surface area contributed by atoms with E-state index in [2.05, 4.69) is 48.7 Å². The van der Waals surface area contributed by atoms with Gasteiger partial charge in [0.2, 0.25) is 0 Å². The highest BCUT2D eigenvalue weighted by Gasteiger charge is 2.05. The van der Waals surface area contributed by atoms with E-state index >= 15 is 0 Å². The Balaban J connectivity index is 1.67. The SMILES string of the molecule is Cc1ccc(CSc2nc(-c3ccccc3)cs2)cc1. The monoisotopic (exact) mass is 297 g/mol. The molecule has 0 aliphatic heterocycles. The Morgan fingerprint density at radius 2 is 1.75 bits per heavy atom. The Kier molecular flexibility index (Phi) is 4.19. The molecule has 0 radical (unpaired) electrons. The first-order valence-corrected chi connectivity index (χ1v) is 8.37. The van der Waals surface area contributed by atoms with Crippen LogP contribution in [-0.2, 0) is 5.75 Å². The molecular formula is C17H15NS2. The van der Waals surface area contributed by atoms with Crippen LogP contribution in [0.25, 0.3) is 11.3 Å². The lowest BCUT2D eigenvalue weighted by atomic mass is 10.2. The van der Waals surface area contributed by atoms with Gasteiger partial charge >= 0.3 is 0 Å². The molecule has 1 aromatic heterocycles. The molecule has 0 saturated carbocycles. The van der Waals surface area contributed by atoms with Crippen LogP contribution in [0.1, 0.15) is 11.1 Å². The fourth-order valence-corrected chi connectivity index (χ4v) is 3.69.